The third-order valence-electron chi connectivity index (χ3n) is 5.60. The number of ether oxygens (including phenoxy) is 1. The van der Waals surface area contributed by atoms with Gasteiger partial charge in [-0.2, -0.15) is 0 Å². The summed E-state index contributed by atoms with van der Waals surface area (Å²) in [6.45, 7) is 0.880. The molecule has 0 saturated heterocycles. The number of amides is 1. The number of nitrogens with two attached hydrogens (primary N) is 1. The van der Waals surface area contributed by atoms with E-state index in [1.165, 1.54) is 6.07 Å². The first-order chi connectivity index (χ1) is 15.6. The van der Waals surface area contributed by atoms with Crippen LogP contribution >= 0.6 is 0 Å². The van der Waals surface area contributed by atoms with Crippen molar-refractivity contribution >= 4 is 5.91 Å². The first-order valence-corrected chi connectivity index (χ1v) is 10.4. The summed E-state index contributed by atoms with van der Waals surface area (Å²) in [6, 6.07) is 20.7. The van der Waals surface area contributed by atoms with E-state index in [2.05, 4.69) is 0 Å². The topological polar surface area (TPSA) is 101 Å². The molecule has 2 aromatic carbocycles. The molecule has 4 rings (SSSR count). The lowest BCUT2D eigenvalue weighted by atomic mass is 9.98. The van der Waals surface area contributed by atoms with E-state index in [1.807, 2.05) is 65.7 Å². The Morgan fingerprint density at radius 3 is 2.16 bits per heavy atom. The van der Waals surface area contributed by atoms with Gasteiger partial charge >= 0.3 is 0 Å². The zero-order valence-electron chi connectivity index (χ0n) is 17.8. The van der Waals surface area contributed by atoms with Crippen LogP contribution in [-0.4, -0.2) is 47.5 Å². The number of carbonyl (C=O) groups excluding carboxylic acids is 1. The highest BCUT2D eigenvalue weighted by molar-refractivity contribution is 5.96. The zero-order chi connectivity index (χ0) is 22.7. The molecule has 0 bridgehead atoms. The van der Waals surface area contributed by atoms with Crippen LogP contribution in [0.4, 0.5) is 0 Å². The van der Waals surface area contributed by atoms with Gasteiger partial charge in [-0.25, -0.2) is 4.68 Å². The second kappa shape index (κ2) is 9.25. The van der Waals surface area contributed by atoms with Gasteiger partial charge in [-0.15, -0.1) is 0 Å². The maximum Gasteiger partial charge on any atom is 0.277 e. The predicted molar refractivity (Wildman–Crippen MR) is 121 cm³/mol. The Bertz CT molecular complexity index is 1110. The van der Waals surface area contributed by atoms with Crippen LogP contribution < -0.4 is 16.2 Å². The minimum Gasteiger partial charge on any atom is -0.502 e. The van der Waals surface area contributed by atoms with E-state index in [-0.39, 0.29) is 24.9 Å². The van der Waals surface area contributed by atoms with Crippen molar-refractivity contribution in [3.8, 4) is 5.75 Å². The fraction of sp³-hybridized carbons (Fsp3) is 0.250. The fourth-order valence-corrected chi connectivity index (χ4v) is 4.10. The Labute approximate surface area is 186 Å². The summed E-state index contributed by atoms with van der Waals surface area (Å²) in [5, 5.41) is 12.6. The lowest BCUT2D eigenvalue weighted by molar-refractivity contribution is 0.0612. The van der Waals surface area contributed by atoms with Gasteiger partial charge in [0.2, 0.25) is 5.43 Å². The van der Waals surface area contributed by atoms with Gasteiger partial charge in [-0.05, 0) is 11.1 Å². The molecule has 3 N–H and O–H groups in total. The van der Waals surface area contributed by atoms with Crippen LogP contribution in [0, 0.1) is 0 Å². The van der Waals surface area contributed by atoms with Crippen LogP contribution in [0.2, 0.25) is 0 Å². The van der Waals surface area contributed by atoms with E-state index in [1.54, 1.807) is 16.7 Å². The number of aromatic nitrogens is 1. The average Bonchev–Trinajstić information content (AvgIpc) is 2.83. The Morgan fingerprint density at radius 2 is 1.62 bits per heavy atom. The maximum absolute atomic E-state index is 13.3. The second-order valence-corrected chi connectivity index (χ2v) is 7.58. The molecule has 0 spiro atoms. The summed E-state index contributed by atoms with van der Waals surface area (Å²) in [5.74, 6) is -1.03. The van der Waals surface area contributed by atoms with Crippen molar-refractivity contribution in [1.82, 2.24) is 9.58 Å². The number of rotatable bonds is 7. The largest absolute Gasteiger partial charge is 0.502 e. The van der Waals surface area contributed by atoms with Crippen molar-refractivity contribution in [3.63, 3.8) is 0 Å². The third kappa shape index (κ3) is 3.86. The highest BCUT2D eigenvalue weighted by Crippen LogP contribution is 2.32. The van der Waals surface area contributed by atoms with E-state index in [4.69, 9.17) is 10.5 Å². The Kier molecular flexibility index (Phi) is 6.25. The summed E-state index contributed by atoms with van der Waals surface area (Å²) < 4.78 is 6.79. The molecule has 0 unspecified atom stereocenters. The summed E-state index contributed by atoms with van der Waals surface area (Å²) in [6.07, 6.45) is 0. The van der Waals surface area contributed by atoms with E-state index < -0.39 is 17.1 Å². The number of pyridine rings is 1. The van der Waals surface area contributed by atoms with Crippen LogP contribution in [0.1, 0.15) is 33.4 Å². The van der Waals surface area contributed by atoms with Crippen molar-refractivity contribution in [2.45, 2.75) is 12.6 Å². The maximum atomic E-state index is 13.3. The van der Waals surface area contributed by atoms with Crippen molar-refractivity contribution in [3.05, 3.63) is 99.5 Å². The highest BCUT2D eigenvalue weighted by atomic mass is 16.5. The van der Waals surface area contributed by atoms with Crippen LogP contribution in [0.15, 0.2) is 71.5 Å². The third-order valence-corrected chi connectivity index (χ3v) is 5.60. The number of hydrogen-bond acceptors (Lipinski definition) is 6. The lowest BCUT2D eigenvalue weighted by Crippen LogP contribution is -2.57. The number of fused-ring (bicyclic) bond motifs is 1. The van der Waals surface area contributed by atoms with Gasteiger partial charge in [0, 0.05) is 26.3 Å². The molecule has 0 fully saturated rings. The number of nitrogens with zero attached hydrogens (tertiary/aromatic N) is 3. The Morgan fingerprint density at radius 1 is 1.03 bits per heavy atom. The molecule has 0 aliphatic carbocycles. The molecule has 1 aliphatic rings. The number of methoxy groups -OCH3 is 1. The second-order valence-electron chi connectivity index (χ2n) is 7.58. The molecule has 0 atom stereocenters. The number of hydrogen-bond donors (Lipinski definition) is 2. The molecular formula is C24H26N4O4. The molecule has 8 nitrogen and oxygen atoms in total. The SMILES string of the molecule is COCCN1CN(C(c2ccccc2)c2ccccc2)n2c(CN)cc(=O)c(O)c2C1=O. The Hall–Kier alpha value is -3.62. The summed E-state index contributed by atoms with van der Waals surface area (Å²) in [5.41, 5.74) is 7.69. The van der Waals surface area contributed by atoms with Gasteiger partial charge in [0.25, 0.3) is 5.91 Å². The molecule has 32 heavy (non-hydrogen) atoms. The monoisotopic (exact) mass is 434 g/mol. The van der Waals surface area contributed by atoms with E-state index in [9.17, 15) is 14.7 Å². The molecule has 3 aromatic rings. The molecule has 1 amide bonds. The van der Waals surface area contributed by atoms with E-state index >= 15 is 0 Å². The number of benzene rings is 2. The first kappa shape index (κ1) is 21.6. The molecule has 0 radical (unpaired) electrons. The van der Waals surface area contributed by atoms with Crippen molar-refractivity contribution in [2.75, 3.05) is 31.9 Å². The fourth-order valence-electron chi connectivity index (χ4n) is 4.10. The van der Waals surface area contributed by atoms with Gasteiger partial charge < -0.3 is 20.5 Å². The summed E-state index contributed by atoms with van der Waals surface area (Å²) >= 11 is 0. The van der Waals surface area contributed by atoms with E-state index in [0.717, 1.165) is 11.1 Å². The van der Waals surface area contributed by atoms with Gasteiger partial charge in [0.1, 0.15) is 6.67 Å². The van der Waals surface area contributed by atoms with Crippen molar-refractivity contribution in [1.29, 1.82) is 0 Å². The number of carbonyl (C=O) groups is 1. The van der Waals surface area contributed by atoms with Crippen LogP contribution in [-0.2, 0) is 11.3 Å². The van der Waals surface area contributed by atoms with Crippen LogP contribution in [0.3, 0.4) is 0 Å². The average molecular weight is 434 g/mol. The van der Waals surface area contributed by atoms with Gasteiger partial charge in [-0.1, -0.05) is 60.7 Å². The normalized spacial score (nSPS) is 13.5. The Balaban J connectivity index is 1.97. The van der Waals surface area contributed by atoms with Gasteiger partial charge in [0.15, 0.2) is 11.4 Å². The molecule has 2 heterocycles. The minimum absolute atomic E-state index is 0.0284. The van der Waals surface area contributed by atoms with E-state index in [0.29, 0.717) is 18.8 Å². The van der Waals surface area contributed by atoms with Crippen molar-refractivity contribution < 1.29 is 14.6 Å². The molecule has 166 valence electrons. The summed E-state index contributed by atoms with van der Waals surface area (Å²) in [7, 11) is 1.56. The molecule has 1 aromatic heterocycles. The molecule has 1 aliphatic heterocycles. The zero-order valence-corrected chi connectivity index (χ0v) is 17.8. The first-order valence-electron chi connectivity index (χ1n) is 10.4. The summed E-state index contributed by atoms with van der Waals surface area (Å²) in [4.78, 5) is 27.3. The standard InChI is InChI=1S/C24H26N4O4/c1-32-13-12-26-16-27(28-19(15-25)14-20(29)23(30)22(28)24(26)31)21(17-8-4-2-5-9-17)18-10-6-3-7-11-18/h2-11,14,21,30H,12-13,15-16,25H2,1H3. The lowest BCUT2D eigenvalue weighted by Gasteiger charge is -2.45. The molecular weight excluding hydrogens is 408 g/mol. The highest BCUT2D eigenvalue weighted by Gasteiger charge is 2.37. The minimum atomic E-state index is -0.630. The molecule has 8 heteroatoms. The van der Waals surface area contributed by atoms with Gasteiger partial charge in [0.05, 0.1) is 18.3 Å². The van der Waals surface area contributed by atoms with Crippen molar-refractivity contribution in [2.24, 2.45) is 5.73 Å². The predicted octanol–water partition coefficient (Wildman–Crippen LogP) is 1.80. The van der Waals surface area contributed by atoms with Crippen LogP contribution in [0.5, 0.6) is 5.75 Å². The van der Waals surface area contributed by atoms with Crippen LogP contribution in [0.25, 0.3) is 0 Å². The number of aromatic hydroxyl groups is 1. The smallest absolute Gasteiger partial charge is 0.277 e. The quantitative estimate of drug-likeness (QED) is 0.588. The van der Waals surface area contributed by atoms with Gasteiger partial charge in [-0.3, -0.25) is 14.6 Å². The molecule has 0 saturated carbocycles.